The Kier molecular flexibility index (Phi) is 3.86. The number of hydrogen-bond acceptors (Lipinski definition) is 3. The maximum Gasteiger partial charge on any atom is 0.307 e. The molecule has 0 fully saturated rings. The lowest BCUT2D eigenvalue weighted by molar-refractivity contribution is -0.385. The summed E-state index contributed by atoms with van der Waals surface area (Å²) in [7, 11) is 0. The molecule has 0 amide bonds. The van der Waals surface area contributed by atoms with Gasteiger partial charge in [0.15, 0.2) is 11.6 Å². The summed E-state index contributed by atoms with van der Waals surface area (Å²) in [4.78, 5) is 19.9. The first-order valence-corrected chi connectivity index (χ1v) is 4.43. The third-order valence-corrected chi connectivity index (χ3v) is 1.86. The van der Waals surface area contributed by atoms with Crippen molar-refractivity contribution < 1.29 is 23.6 Å². The van der Waals surface area contributed by atoms with Crippen LogP contribution in [0, 0.1) is 21.7 Å². The van der Waals surface area contributed by atoms with E-state index in [1.807, 2.05) is 0 Å². The molecule has 0 atom stereocenters. The number of carboxylic acid groups (broad SMARTS) is 1. The lowest BCUT2D eigenvalue weighted by atomic mass is 10.1. The number of aliphatic carboxylic acids is 1. The van der Waals surface area contributed by atoms with Crippen molar-refractivity contribution in [2.45, 2.75) is 6.42 Å². The minimum atomic E-state index is -1.33. The Bertz CT molecular complexity index is 499. The summed E-state index contributed by atoms with van der Waals surface area (Å²) in [6.45, 7) is 0. The average Bonchev–Trinajstić information content (AvgIpc) is 2.22. The van der Waals surface area contributed by atoms with Gasteiger partial charge < -0.3 is 5.11 Å². The molecule has 1 N–H and O–H groups in total. The maximum atomic E-state index is 12.9. The van der Waals surface area contributed by atoms with Gasteiger partial charge in [0.1, 0.15) is 0 Å². The van der Waals surface area contributed by atoms with E-state index < -0.39 is 28.2 Å². The molecule has 0 unspecified atom stereocenters. The molecule has 1 rings (SSSR count). The van der Waals surface area contributed by atoms with E-state index in [9.17, 15) is 23.7 Å². The van der Waals surface area contributed by atoms with Gasteiger partial charge in [-0.3, -0.25) is 14.9 Å². The van der Waals surface area contributed by atoms with Crippen LogP contribution in [-0.2, 0) is 4.79 Å². The van der Waals surface area contributed by atoms with Crippen LogP contribution in [0.3, 0.4) is 0 Å². The third kappa shape index (κ3) is 3.33. The molecule has 0 aliphatic heterocycles. The van der Waals surface area contributed by atoms with Crippen LogP contribution < -0.4 is 0 Å². The highest BCUT2D eigenvalue weighted by molar-refractivity contribution is 5.71. The van der Waals surface area contributed by atoms with E-state index >= 15 is 0 Å². The molecular formula is C10H7F2NO4. The largest absolute Gasteiger partial charge is 0.481 e. The average molecular weight is 243 g/mol. The van der Waals surface area contributed by atoms with Gasteiger partial charge in [0.25, 0.3) is 5.69 Å². The van der Waals surface area contributed by atoms with Crippen molar-refractivity contribution >= 4 is 17.7 Å². The van der Waals surface area contributed by atoms with Crippen LogP contribution in [0.25, 0.3) is 6.08 Å². The molecule has 7 heteroatoms. The summed E-state index contributed by atoms with van der Waals surface area (Å²) in [5.74, 6) is -3.69. The van der Waals surface area contributed by atoms with Crippen molar-refractivity contribution in [2.75, 3.05) is 0 Å². The van der Waals surface area contributed by atoms with Crippen LogP contribution in [0.2, 0.25) is 0 Å². The summed E-state index contributed by atoms with van der Waals surface area (Å²) in [6.07, 6.45) is 1.81. The molecule has 0 aromatic heterocycles. The first-order chi connectivity index (χ1) is 7.91. The van der Waals surface area contributed by atoms with Crippen LogP contribution in [0.1, 0.15) is 12.0 Å². The monoisotopic (exact) mass is 243 g/mol. The molecular weight excluding hydrogens is 236 g/mol. The van der Waals surface area contributed by atoms with Gasteiger partial charge in [-0.15, -0.1) is 0 Å². The maximum absolute atomic E-state index is 12.9. The highest BCUT2D eigenvalue weighted by Gasteiger charge is 2.16. The first-order valence-electron chi connectivity index (χ1n) is 4.43. The molecule has 0 bridgehead atoms. The Morgan fingerprint density at radius 2 is 2.00 bits per heavy atom. The molecule has 0 saturated heterocycles. The topological polar surface area (TPSA) is 80.4 Å². The second-order valence-corrected chi connectivity index (χ2v) is 3.08. The van der Waals surface area contributed by atoms with Crippen LogP contribution in [-0.4, -0.2) is 16.0 Å². The van der Waals surface area contributed by atoms with Crippen molar-refractivity contribution in [3.63, 3.8) is 0 Å². The van der Waals surface area contributed by atoms with E-state index in [2.05, 4.69) is 0 Å². The Morgan fingerprint density at radius 3 is 2.53 bits per heavy atom. The highest BCUT2D eigenvalue weighted by Crippen LogP contribution is 2.23. The van der Waals surface area contributed by atoms with Gasteiger partial charge in [-0.05, 0) is 6.07 Å². The van der Waals surface area contributed by atoms with Crippen molar-refractivity contribution in [3.8, 4) is 0 Å². The predicted molar refractivity (Wildman–Crippen MR) is 54.3 cm³/mol. The molecule has 5 nitrogen and oxygen atoms in total. The number of nitro benzene ring substituents is 1. The lowest BCUT2D eigenvalue weighted by Gasteiger charge is -1.99. The molecule has 0 aliphatic rings. The normalized spacial score (nSPS) is 10.7. The molecule has 90 valence electrons. The SMILES string of the molecule is O=C(O)CC=Cc1cc(F)c(F)cc1[N+](=O)[O-]. The fourth-order valence-corrected chi connectivity index (χ4v) is 1.13. The highest BCUT2D eigenvalue weighted by atomic mass is 19.2. The Balaban J connectivity index is 3.13. The Labute approximate surface area is 94.1 Å². The summed E-state index contributed by atoms with van der Waals surface area (Å²) in [5.41, 5.74) is -0.805. The predicted octanol–water partition coefficient (Wildman–Crippen LogP) is 2.36. The fourth-order valence-electron chi connectivity index (χ4n) is 1.13. The second kappa shape index (κ2) is 5.15. The number of rotatable bonds is 4. The number of hydrogen-bond donors (Lipinski definition) is 1. The lowest BCUT2D eigenvalue weighted by Crippen LogP contribution is -1.96. The van der Waals surface area contributed by atoms with Crippen molar-refractivity contribution in [1.29, 1.82) is 0 Å². The molecule has 1 aromatic rings. The second-order valence-electron chi connectivity index (χ2n) is 3.08. The molecule has 0 spiro atoms. The standard InChI is InChI=1S/C10H7F2NO4/c11-7-4-6(2-1-3-10(14)15)9(13(16)17)5-8(7)12/h1-2,4-5H,3H2,(H,14,15). The summed E-state index contributed by atoms with van der Waals surface area (Å²) in [5, 5.41) is 18.9. The molecule has 0 aliphatic carbocycles. The zero-order chi connectivity index (χ0) is 13.0. The zero-order valence-electron chi connectivity index (χ0n) is 8.39. The van der Waals surface area contributed by atoms with Gasteiger partial charge in [-0.25, -0.2) is 8.78 Å². The minimum Gasteiger partial charge on any atom is -0.481 e. The van der Waals surface area contributed by atoms with E-state index in [4.69, 9.17) is 5.11 Å². The van der Waals surface area contributed by atoms with Crippen LogP contribution >= 0.6 is 0 Å². The van der Waals surface area contributed by atoms with Crippen molar-refractivity contribution in [3.05, 3.63) is 45.5 Å². The van der Waals surface area contributed by atoms with E-state index in [0.717, 1.165) is 12.2 Å². The van der Waals surface area contributed by atoms with Crippen LogP contribution in [0.4, 0.5) is 14.5 Å². The summed E-state index contributed by atoms with van der Waals surface area (Å²) >= 11 is 0. The van der Waals surface area contributed by atoms with Gasteiger partial charge >= 0.3 is 5.97 Å². The minimum absolute atomic E-state index is 0.185. The molecule has 17 heavy (non-hydrogen) atoms. The van der Waals surface area contributed by atoms with Crippen molar-refractivity contribution in [1.82, 2.24) is 0 Å². The molecule has 1 aromatic carbocycles. The van der Waals surface area contributed by atoms with Crippen molar-refractivity contribution in [2.24, 2.45) is 0 Å². The van der Waals surface area contributed by atoms with Gasteiger partial charge in [0.05, 0.1) is 23.0 Å². The van der Waals surface area contributed by atoms with Gasteiger partial charge in [-0.2, -0.15) is 0 Å². The Hall–Kier alpha value is -2.31. The quantitative estimate of drug-likeness (QED) is 0.650. The van der Waals surface area contributed by atoms with Gasteiger partial charge in [-0.1, -0.05) is 12.2 Å². The fraction of sp³-hybridized carbons (Fsp3) is 0.100. The van der Waals surface area contributed by atoms with E-state index in [-0.39, 0.29) is 12.0 Å². The van der Waals surface area contributed by atoms with Gasteiger partial charge in [0, 0.05) is 0 Å². The zero-order valence-corrected chi connectivity index (χ0v) is 8.39. The van der Waals surface area contributed by atoms with E-state index in [1.165, 1.54) is 0 Å². The number of nitro groups is 1. The number of carbonyl (C=O) groups is 1. The smallest absolute Gasteiger partial charge is 0.307 e. The number of carboxylic acids is 1. The Morgan fingerprint density at radius 1 is 1.41 bits per heavy atom. The first kappa shape index (κ1) is 12.8. The summed E-state index contributed by atoms with van der Waals surface area (Å²) in [6, 6.07) is 1.10. The van der Waals surface area contributed by atoms with Crippen LogP contribution in [0.15, 0.2) is 18.2 Å². The molecule has 0 saturated carbocycles. The van der Waals surface area contributed by atoms with Gasteiger partial charge in [0.2, 0.25) is 0 Å². The molecule has 0 heterocycles. The van der Waals surface area contributed by atoms with E-state index in [0.29, 0.717) is 12.1 Å². The number of benzene rings is 1. The summed E-state index contributed by atoms with van der Waals surface area (Å²) < 4.78 is 25.6. The number of nitrogens with zero attached hydrogens (tertiary/aromatic N) is 1. The van der Waals surface area contributed by atoms with E-state index in [1.54, 1.807) is 0 Å². The third-order valence-electron chi connectivity index (χ3n) is 1.86. The van der Waals surface area contributed by atoms with Crippen LogP contribution in [0.5, 0.6) is 0 Å². The molecule has 0 radical (unpaired) electrons. The number of halogens is 2.